The second-order valence-corrected chi connectivity index (χ2v) is 5.88. The van der Waals surface area contributed by atoms with Crippen molar-refractivity contribution in [2.24, 2.45) is 0 Å². The van der Waals surface area contributed by atoms with Crippen molar-refractivity contribution in [3.63, 3.8) is 0 Å². The molecule has 0 bridgehead atoms. The van der Waals surface area contributed by atoms with Gasteiger partial charge < -0.3 is 10.1 Å². The van der Waals surface area contributed by atoms with Gasteiger partial charge in [-0.1, -0.05) is 45.0 Å². The van der Waals surface area contributed by atoms with E-state index in [1.807, 2.05) is 6.26 Å². The summed E-state index contributed by atoms with van der Waals surface area (Å²) in [7, 11) is 0. The van der Waals surface area contributed by atoms with Gasteiger partial charge in [-0.15, -0.1) is 0 Å². The van der Waals surface area contributed by atoms with Gasteiger partial charge in [-0.05, 0) is 48.4 Å². The highest BCUT2D eigenvalue weighted by atomic mass is 16.5. The topological polar surface area (TPSA) is 21.3 Å². The van der Waals surface area contributed by atoms with Gasteiger partial charge in [0.05, 0.1) is 18.9 Å². The molecule has 1 aromatic carbocycles. The third-order valence-corrected chi connectivity index (χ3v) is 3.87. The van der Waals surface area contributed by atoms with Gasteiger partial charge in [-0.3, -0.25) is 0 Å². The fraction of sp³-hybridized carbons (Fsp3) is 0.556. The molecule has 110 valence electrons. The number of nitrogens with one attached hydrogen (secondary N) is 1. The van der Waals surface area contributed by atoms with Crippen LogP contribution in [0.4, 0.5) is 0 Å². The molecule has 0 radical (unpaired) electrons. The zero-order chi connectivity index (χ0) is 14.4. The van der Waals surface area contributed by atoms with Gasteiger partial charge in [-0.25, -0.2) is 0 Å². The molecule has 0 saturated carbocycles. The Labute approximate surface area is 123 Å². The monoisotopic (exact) mass is 273 g/mol. The highest BCUT2D eigenvalue weighted by molar-refractivity contribution is 5.32. The Morgan fingerprint density at radius 2 is 1.85 bits per heavy atom. The van der Waals surface area contributed by atoms with E-state index in [0.29, 0.717) is 12.0 Å². The average molecular weight is 273 g/mol. The van der Waals surface area contributed by atoms with Crippen LogP contribution in [0.5, 0.6) is 0 Å². The number of rotatable bonds is 6. The molecular weight excluding hydrogens is 246 g/mol. The van der Waals surface area contributed by atoms with E-state index in [2.05, 4.69) is 50.4 Å². The van der Waals surface area contributed by atoms with Crippen LogP contribution in [0.3, 0.4) is 0 Å². The molecule has 20 heavy (non-hydrogen) atoms. The lowest BCUT2D eigenvalue weighted by molar-refractivity contribution is 0.219. The Kier molecular flexibility index (Phi) is 5.66. The Morgan fingerprint density at radius 1 is 1.15 bits per heavy atom. The molecule has 1 heterocycles. The minimum absolute atomic E-state index is 0.302. The summed E-state index contributed by atoms with van der Waals surface area (Å²) < 4.78 is 5.52. The van der Waals surface area contributed by atoms with Crippen molar-refractivity contribution >= 4 is 0 Å². The van der Waals surface area contributed by atoms with Crippen LogP contribution in [0, 0.1) is 0 Å². The van der Waals surface area contributed by atoms with E-state index in [1.54, 1.807) is 0 Å². The molecule has 1 N–H and O–H groups in total. The fourth-order valence-electron chi connectivity index (χ4n) is 2.62. The fourth-order valence-corrected chi connectivity index (χ4v) is 2.62. The lowest BCUT2D eigenvalue weighted by Gasteiger charge is -2.25. The predicted molar refractivity (Wildman–Crippen MR) is 84.8 cm³/mol. The van der Waals surface area contributed by atoms with E-state index in [0.717, 1.165) is 32.4 Å². The summed E-state index contributed by atoms with van der Waals surface area (Å²) in [6.07, 6.45) is 5.37. The second-order valence-electron chi connectivity index (χ2n) is 5.88. The van der Waals surface area contributed by atoms with Gasteiger partial charge in [-0.2, -0.15) is 0 Å². The van der Waals surface area contributed by atoms with Crippen molar-refractivity contribution in [2.45, 2.75) is 52.0 Å². The highest BCUT2D eigenvalue weighted by Crippen LogP contribution is 2.28. The van der Waals surface area contributed by atoms with Crippen molar-refractivity contribution in [3.8, 4) is 0 Å². The third kappa shape index (κ3) is 3.86. The minimum Gasteiger partial charge on any atom is -0.501 e. The summed E-state index contributed by atoms with van der Waals surface area (Å²) in [6.45, 7) is 8.57. The van der Waals surface area contributed by atoms with Crippen molar-refractivity contribution in [1.29, 1.82) is 0 Å². The van der Waals surface area contributed by atoms with E-state index >= 15 is 0 Å². The molecule has 1 aromatic rings. The molecule has 1 atom stereocenters. The maximum Gasteiger partial charge on any atom is 0.0876 e. The van der Waals surface area contributed by atoms with Crippen LogP contribution in [0.1, 0.15) is 63.1 Å². The molecule has 0 spiro atoms. The molecule has 2 nitrogen and oxygen atoms in total. The SMILES string of the molecule is CCCNC(C1=COCCC1)c1ccc(C(C)C)cc1. The molecular formula is C18H27NO. The van der Waals surface area contributed by atoms with Crippen LogP contribution in [0.15, 0.2) is 36.1 Å². The molecule has 0 fully saturated rings. The van der Waals surface area contributed by atoms with Crippen molar-refractivity contribution < 1.29 is 4.74 Å². The first-order valence-electron chi connectivity index (χ1n) is 7.86. The molecule has 1 aliphatic rings. The van der Waals surface area contributed by atoms with Crippen LogP contribution in [-0.4, -0.2) is 13.2 Å². The molecule has 0 aromatic heterocycles. The zero-order valence-corrected chi connectivity index (χ0v) is 13.0. The summed E-state index contributed by atoms with van der Waals surface area (Å²) in [5.74, 6) is 0.586. The second kappa shape index (κ2) is 7.49. The summed E-state index contributed by atoms with van der Waals surface area (Å²) >= 11 is 0. The Hall–Kier alpha value is -1.28. The Bertz CT molecular complexity index is 433. The largest absolute Gasteiger partial charge is 0.501 e. The van der Waals surface area contributed by atoms with E-state index in [4.69, 9.17) is 4.74 Å². The van der Waals surface area contributed by atoms with E-state index in [1.165, 1.54) is 16.7 Å². The molecule has 0 amide bonds. The van der Waals surface area contributed by atoms with Gasteiger partial charge in [0.1, 0.15) is 0 Å². The van der Waals surface area contributed by atoms with Crippen LogP contribution in [-0.2, 0) is 4.74 Å². The van der Waals surface area contributed by atoms with Crippen molar-refractivity contribution in [3.05, 3.63) is 47.2 Å². The molecule has 2 heteroatoms. The third-order valence-electron chi connectivity index (χ3n) is 3.87. The molecule has 0 aliphatic carbocycles. The van der Waals surface area contributed by atoms with Gasteiger partial charge >= 0.3 is 0 Å². The Morgan fingerprint density at radius 3 is 2.40 bits per heavy atom. The van der Waals surface area contributed by atoms with Gasteiger partial charge in [0.25, 0.3) is 0 Å². The lowest BCUT2D eigenvalue weighted by atomic mass is 9.93. The highest BCUT2D eigenvalue weighted by Gasteiger charge is 2.18. The van der Waals surface area contributed by atoms with Gasteiger partial charge in [0.2, 0.25) is 0 Å². The summed E-state index contributed by atoms with van der Waals surface area (Å²) in [5.41, 5.74) is 4.12. The predicted octanol–water partition coefficient (Wildman–Crippen LogP) is 4.55. The molecule has 1 aliphatic heterocycles. The summed E-state index contributed by atoms with van der Waals surface area (Å²) in [5, 5.41) is 3.66. The van der Waals surface area contributed by atoms with Gasteiger partial charge in [0.15, 0.2) is 0 Å². The maximum atomic E-state index is 5.52. The number of hydrogen-bond acceptors (Lipinski definition) is 2. The first-order chi connectivity index (χ1) is 9.72. The van der Waals surface area contributed by atoms with E-state index in [9.17, 15) is 0 Å². The van der Waals surface area contributed by atoms with E-state index in [-0.39, 0.29) is 0 Å². The van der Waals surface area contributed by atoms with Crippen LogP contribution in [0.2, 0.25) is 0 Å². The number of ether oxygens (including phenoxy) is 1. The van der Waals surface area contributed by atoms with Crippen LogP contribution in [0.25, 0.3) is 0 Å². The maximum absolute atomic E-state index is 5.52. The average Bonchev–Trinajstić information content (AvgIpc) is 2.49. The van der Waals surface area contributed by atoms with Crippen molar-refractivity contribution in [2.75, 3.05) is 13.2 Å². The Balaban J connectivity index is 2.18. The molecule has 0 saturated heterocycles. The van der Waals surface area contributed by atoms with Crippen LogP contribution < -0.4 is 5.32 Å². The van der Waals surface area contributed by atoms with E-state index < -0.39 is 0 Å². The summed E-state index contributed by atoms with van der Waals surface area (Å²) in [4.78, 5) is 0. The smallest absolute Gasteiger partial charge is 0.0876 e. The first-order valence-corrected chi connectivity index (χ1v) is 7.86. The van der Waals surface area contributed by atoms with Gasteiger partial charge in [0, 0.05) is 0 Å². The van der Waals surface area contributed by atoms with Crippen molar-refractivity contribution in [1.82, 2.24) is 5.32 Å². The zero-order valence-electron chi connectivity index (χ0n) is 13.0. The first kappa shape index (κ1) is 15.1. The normalized spacial score (nSPS) is 16.7. The molecule has 2 rings (SSSR count). The lowest BCUT2D eigenvalue weighted by Crippen LogP contribution is -2.25. The minimum atomic E-state index is 0.302. The quantitative estimate of drug-likeness (QED) is 0.821. The number of benzene rings is 1. The standard InChI is InChI=1S/C18H27NO/c1-4-11-19-18(17-6-5-12-20-13-17)16-9-7-15(8-10-16)14(2)3/h7-10,13-14,18-19H,4-6,11-12H2,1-3H3. The summed E-state index contributed by atoms with van der Waals surface area (Å²) in [6, 6.07) is 9.34. The number of hydrogen-bond donors (Lipinski definition) is 1. The molecule has 1 unspecified atom stereocenters. The van der Waals surface area contributed by atoms with Crippen LogP contribution >= 0.6 is 0 Å².